The van der Waals surface area contributed by atoms with E-state index in [9.17, 15) is 19.5 Å². The molecule has 3 saturated heterocycles. The fourth-order valence-corrected chi connectivity index (χ4v) is 8.48. The van der Waals surface area contributed by atoms with E-state index in [-0.39, 0.29) is 42.3 Å². The summed E-state index contributed by atoms with van der Waals surface area (Å²) in [6.07, 6.45) is 3.64. The molecule has 0 aliphatic carbocycles. The Kier molecular flexibility index (Phi) is 9.70. The van der Waals surface area contributed by atoms with E-state index in [0.717, 1.165) is 0 Å². The zero-order valence-electron chi connectivity index (χ0n) is 25.0. The van der Waals surface area contributed by atoms with Crippen molar-refractivity contribution < 1.29 is 24.2 Å². The van der Waals surface area contributed by atoms with Gasteiger partial charge in [0.05, 0.1) is 41.3 Å². The molecule has 44 heavy (non-hydrogen) atoms. The number of anilines is 2. The van der Waals surface area contributed by atoms with Gasteiger partial charge < -0.3 is 24.5 Å². The van der Waals surface area contributed by atoms with Crippen molar-refractivity contribution in [1.29, 1.82) is 0 Å². The average molecular weight is 685 g/mol. The number of alkyl halides is 1. The molecular weight excluding hydrogens is 646 g/mol. The smallest absolute Gasteiger partial charge is 0.253 e. The first-order valence-electron chi connectivity index (χ1n) is 15.1. The number of ether oxygens (including phenoxy) is 1. The standard InChI is InChI=1S/C34H39BrClN3O5/c1-5-17-37(22-13-9-8-10-14-22)31(41)27-28-32(42)39(26(20-40)21(4)7-3)30(34(28)19-23(35)29(27)44-34)33(43)38(18-6-2)25-16-12-11-15-24(25)36/h5-6,8-16,21,23,26-30,40H,1-2,7,17-20H2,3-4H3/t21-,23?,26-,27+,28-,29+,30?,34?/m0/s1. The zero-order valence-corrected chi connectivity index (χ0v) is 27.4. The van der Waals surface area contributed by atoms with Gasteiger partial charge in [-0.05, 0) is 36.6 Å². The third-order valence-electron chi connectivity index (χ3n) is 9.46. The van der Waals surface area contributed by atoms with Crippen LogP contribution >= 0.6 is 27.5 Å². The summed E-state index contributed by atoms with van der Waals surface area (Å²) in [6, 6.07) is 14.5. The van der Waals surface area contributed by atoms with Gasteiger partial charge in [0.25, 0.3) is 5.91 Å². The number of carbonyl (C=O) groups excluding carboxylic acids is 3. The van der Waals surface area contributed by atoms with Crippen LogP contribution < -0.4 is 9.80 Å². The molecule has 3 fully saturated rings. The van der Waals surface area contributed by atoms with Gasteiger partial charge >= 0.3 is 0 Å². The monoisotopic (exact) mass is 683 g/mol. The van der Waals surface area contributed by atoms with Crippen molar-refractivity contribution in [3.05, 3.63) is 84.9 Å². The Hall–Kier alpha value is -2.98. The van der Waals surface area contributed by atoms with E-state index in [1.54, 1.807) is 41.3 Å². The molecule has 1 spiro atoms. The van der Waals surface area contributed by atoms with Crippen LogP contribution in [0, 0.1) is 17.8 Å². The normalized spacial score (nSPS) is 28.3. The Morgan fingerprint density at radius 3 is 2.36 bits per heavy atom. The number of hydrogen-bond donors (Lipinski definition) is 1. The number of fused-ring (bicyclic) bond motifs is 1. The summed E-state index contributed by atoms with van der Waals surface area (Å²) in [5, 5.41) is 11.1. The minimum atomic E-state index is -1.30. The number of rotatable bonds is 12. The van der Waals surface area contributed by atoms with Crippen LogP contribution in [0.15, 0.2) is 79.9 Å². The van der Waals surface area contributed by atoms with Crippen LogP contribution in [-0.2, 0) is 19.1 Å². The molecule has 3 aliphatic rings. The summed E-state index contributed by atoms with van der Waals surface area (Å²) in [5.74, 6) is -2.92. The third-order valence-corrected chi connectivity index (χ3v) is 10.6. The topological polar surface area (TPSA) is 90.4 Å². The highest BCUT2D eigenvalue weighted by atomic mass is 79.9. The molecule has 0 saturated carbocycles. The molecule has 3 amide bonds. The van der Waals surface area contributed by atoms with Crippen LogP contribution in [-0.4, -0.2) is 76.0 Å². The van der Waals surface area contributed by atoms with Gasteiger partial charge in [-0.2, -0.15) is 0 Å². The van der Waals surface area contributed by atoms with Crippen LogP contribution in [0.2, 0.25) is 5.02 Å². The third kappa shape index (κ3) is 5.21. The van der Waals surface area contributed by atoms with Crippen molar-refractivity contribution in [2.24, 2.45) is 17.8 Å². The largest absolute Gasteiger partial charge is 0.394 e. The number of hydrogen-bond acceptors (Lipinski definition) is 5. The Balaban J connectivity index is 1.65. The van der Waals surface area contributed by atoms with Gasteiger partial charge in [-0.15, -0.1) is 13.2 Å². The summed E-state index contributed by atoms with van der Waals surface area (Å²) in [4.78, 5) is 48.5. The summed E-state index contributed by atoms with van der Waals surface area (Å²) in [6.45, 7) is 11.7. The molecule has 0 radical (unpaired) electrons. The summed E-state index contributed by atoms with van der Waals surface area (Å²) >= 11 is 10.3. The quantitative estimate of drug-likeness (QED) is 0.244. The maximum absolute atomic E-state index is 14.9. The van der Waals surface area contributed by atoms with E-state index in [1.165, 1.54) is 9.80 Å². The molecule has 10 heteroatoms. The van der Waals surface area contributed by atoms with E-state index in [0.29, 0.717) is 29.2 Å². The van der Waals surface area contributed by atoms with Crippen molar-refractivity contribution in [2.75, 3.05) is 29.5 Å². The molecule has 8 atom stereocenters. The second-order valence-electron chi connectivity index (χ2n) is 11.8. The highest BCUT2D eigenvalue weighted by molar-refractivity contribution is 9.09. The first kappa shape index (κ1) is 32.4. The average Bonchev–Trinajstić information content (AvgIpc) is 3.62. The maximum atomic E-state index is 14.9. The maximum Gasteiger partial charge on any atom is 0.253 e. The van der Waals surface area contributed by atoms with E-state index in [2.05, 4.69) is 29.1 Å². The first-order chi connectivity index (χ1) is 21.2. The van der Waals surface area contributed by atoms with Crippen LogP contribution in [0.3, 0.4) is 0 Å². The first-order valence-corrected chi connectivity index (χ1v) is 16.3. The van der Waals surface area contributed by atoms with Crippen LogP contribution in [0.5, 0.6) is 0 Å². The Bertz CT molecular complexity index is 1420. The minimum Gasteiger partial charge on any atom is -0.394 e. The van der Waals surface area contributed by atoms with Gasteiger partial charge in [-0.3, -0.25) is 14.4 Å². The number of para-hydroxylation sites is 2. The molecule has 2 aromatic rings. The van der Waals surface area contributed by atoms with Crippen LogP contribution in [0.4, 0.5) is 11.4 Å². The lowest BCUT2D eigenvalue weighted by molar-refractivity contribution is -0.145. The number of nitrogens with zero attached hydrogens (tertiary/aromatic N) is 3. The van der Waals surface area contributed by atoms with Crippen LogP contribution in [0.1, 0.15) is 26.7 Å². The fraction of sp³-hybridized carbons (Fsp3) is 0.441. The molecule has 3 aliphatic heterocycles. The molecule has 3 heterocycles. The molecule has 3 unspecified atom stereocenters. The number of aliphatic hydroxyl groups excluding tert-OH is 1. The molecule has 8 nitrogen and oxygen atoms in total. The van der Waals surface area contributed by atoms with Gasteiger partial charge in [0.1, 0.15) is 11.6 Å². The summed E-state index contributed by atoms with van der Waals surface area (Å²) < 4.78 is 6.76. The Morgan fingerprint density at radius 2 is 1.75 bits per heavy atom. The lowest BCUT2D eigenvalue weighted by Crippen LogP contribution is -2.60. The van der Waals surface area contributed by atoms with Gasteiger partial charge in [-0.1, -0.05) is 90.3 Å². The van der Waals surface area contributed by atoms with Gasteiger partial charge in [0.15, 0.2) is 0 Å². The second kappa shape index (κ2) is 13.2. The molecule has 0 aromatic heterocycles. The number of amides is 3. The molecule has 5 rings (SSSR count). The molecule has 2 aromatic carbocycles. The van der Waals surface area contributed by atoms with Crippen molar-refractivity contribution in [3.63, 3.8) is 0 Å². The SMILES string of the molecule is C=CCN(C(=O)[C@H]1[C@@H]2OC3(CC2Br)C(C(=O)N(CC=C)c2ccccc2Cl)N([C@@H](CO)[C@@H](C)CC)C(=O)[C@H]13)c1ccccc1. The van der Waals surface area contributed by atoms with Gasteiger partial charge in [0, 0.05) is 23.6 Å². The number of aliphatic hydroxyl groups is 1. The Labute approximate surface area is 272 Å². The van der Waals surface area contributed by atoms with Crippen molar-refractivity contribution in [2.45, 2.75) is 55.3 Å². The highest BCUT2D eigenvalue weighted by Gasteiger charge is 2.77. The van der Waals surface area contributed by atoms with E-state index in [4.69, 9.17) is 16.3 Å². The number of benzene rings is 2. The fourth-order valence-electron chi connectivity index (χ4n) is 7.29. The second-order valence-corrected chi connectivity index (χ2v) is 13.4. The van der Waals surface area contributed by atoms with Crippen LogP contribution in [0.25, 0.3) is 0 Å². The summed E-state index contributed by atoms with van der Waals surface area (Å²) in [5.41, 5.74) is -0.142. The van der Waals surface area contributed by atoms with Gasteiger partial charge in [-0.25, -0.2) is 0 Å². The molecule has 1 N–H and O–H groups in total. The lowest BCUT2D eigenvalue weighted by atomic mass is 9.70. The van der Waals surface area contributed by atoms with Crippen molar-refractivity contribution >= 4 is 56.6 Å². The van der Waals surface area contributed by atoms with E-state index in [1.807, 2.05) is 44.2 Å². The predicted octanol–water partition coefficient (Wildman–Crippen LogP) is 5.23. The zero-order chi connectivity index (χ0) is 31.8. The molecule has 2 bridgehead atoms. The lowest BCUT2D eigenvalue weighted by Gasteiger charge is -2.41. The highest BCUT2D eigenvalue weighted by Crippen LogP contribution is 2.61. The van der Waals surface area contributed by atoms with Crippen molar-refractivity contribution in [3.8, 4) is 0 Å². The number of halogens is 2. The summed E-state index contributed by atoms with van der Waals surface area (Å²) in [7, 11) is 0. The Morgan fingerprint density at radius 1 is 1.11 bits per heavy atom. The predicted molar refractivity (Wildman–Crippen MR) is 176 cm³/mol. The van der Waals surface area contributed by atoms with Gasteiger partial charge in [0.2, 0.25) is 11.8 Å². The molecule has 234 valence electrons. The number of likely N-dealkylation sites (tertiary alicyclic amines) is 1. The van der Waals surface area contributed by atoms with E-state index < -0.39 is 41.5 Å². The minimum absolute atomic E-state index is 0.129. The van der Waals surface area contributed by atoms with Crippen molar-refractivity contribution in [1.82, 2.24) is 4.90 Å². The van der Waals surface area contributed by atoms with E-state index >= 15 is 0 Å². The molecular formula is C34H39BrClN3O5. The number of carbonyl (C=O) groups is 3.